The van der Waals surface area contributed by atoms with E-state index in [1.807, 2.05) is 31.5 Å². The van der Waals surface area contributed by atoms with Gasteiger partial charge in [0.05, 0.1) is 11.6 Å². The Hall–Kier alpha value is -3.60. The number of hydrogen-bond donors (Lipinski definition) is 5. The number of aromatic nitrogens is 3. The molecule has 0 bridgehead atoms. The van der Waals surface area contributed by atoms with Gasteiger partial charge < -0.3 is 10.8 Å². The van der Waals surface area contributed by atoms with Crippen molar-refractivity contribution >= 4 is 23.7 Å². The minimum atomic E-state index is -0.850. The van der Waals surface area contributed by atoms with Crippen molar-refractivity contribution in [2.24, 2.45) is 22.6 Å². The fourth-order valence-corrected chi connectivity index (χ4v) is 2.36. The number of aliphatic carboxylic acids is 1. The lowest BCUT2D eigenvalue weighted by atomic mass is 10.00. The number of hydrazine groups is 1. The summed E-state index contributed by atoms with van der Waals surface area (Å²) >= 11 is 0. The Balaban J connectivity index is 0.000000314. The first-order chi connectivity index (χ1) is 14.3. The SMILES string of the molecule is CC(=O)Nc1ncc(-c2ccc(C)cn2)cn1.CCCC(C/C(N)=N/NN)C(=O)O. The van der Waals surface area contributed by atoms with E-state index in [1.165, 1.54) is 6.92 Å². The highest BCUT2D eigenvalue weighted by molar-refractivity contribution is 5.86. The third kappa shape index (κ3) is 9.06. The van der Waals surface area contributed by atoms with Crippen LogP contribution < -0.4 is 22.4 Å². The zero-order chi connectivity index (χ0) is 22.5. The Morgan fingerprint density at radius 2 is 1.87 bits per heavy atom. The summed E-state index contributed by atoms with van der Waals surface area (Å²) in [5.41, 5.74) is 10.2. The summed E-state index contributed by atoms with van der Waals surface area (Å²) in [7, 11) is 0. The molecule has 7 N–H and O–H groups in total. The number of hydrogen-bond acceptors (Lipinski definition) is 8. The quantitative estimate of drug-likeness (QED) is 0.184. The predicted octanol–water partition coefficient (Wildman–Crippen LogP) is 1.42. The van der Waals surface area contributed by atoms with Gasteiger partial charge in [-0.15, -0.1) is 0 Å². The van der Waals surface area contributed by atoms with Gasteiger partial charge in [-0.05, 0) is 25.0 Å². The molecule has 1 unspecified atom stereocenters. The second-order valence-electron chi connectivity index (χ2n) is 6.46. The fourth-order valence-electron chi connectivity index (χ4n) is 2.36. The van der Waals surface area contributed by atoms with Gasteiger partial charge in [0.15, 0.2) is 0 Å². The molecule has 2 heterocycles. The van der Waals surface area contributed by atoms with Gasteiger partial charge in [0.1, 0.15) is 5.84 Å². The maximum absolute atomic E-state index is 10.8. The van der Waals surface area contributed by atoms with Gasteiger partial charge in [-0.2, -0.15) is 5.10 Å². The van der Waals surface area contributed by atoms with Gasteiger partial charge in [0.2, 0.25) is 11.9 Å². The number of carboxylic acids is 1. The molecule has 2 rings (SSSR count). The number of anilines is 1. The van der Waals surface area contributed by atoms with Crippen molar-refractivity contribution in [3.8, 4) is 11.3 Å². The molecule has 0 aliphatic carbocycles. The van der Waals surface area contributed by atoms with E-state index in [9.17, 15) is 9.59 Å². The zero-order valence-corrected chi connectivity index (χ0v) is 17.3. The van der Waals surface area contributed by atoms with Crippen molar-refractivity contribution in [1.29, 1.82) is 0 Å². The molecule has 30 heavy (non-hydrogen) atoms. The Morgan fingerprint density at radius 3 is 2.33 bits per heavy atom. The van der Waals surface area contributed by atoms with E-state index < -0.39 is 11.9 Å². The van der Waals surface area contributed by atoms with Crippen molar-refractivity contribution in [3.05, 3.63) is 36.3 Å². The molecule has 0 spiro atoms. The van der Waals surface area contributed by atoms with Crippen LogP contribution in [0.3, 0.4) is 0 Å². The number of carboxylic acid groups (broad SMARTS) is 1. The maximum atomic E-state index is 10.8. The van der Waals surface area contributed by atoms with E-state index in [0.29, 0.717) is 12.4 Å². The van der Waals surface area contributed by atoms with Crippen molar-refractivity contribution in [2.75, 3.05) is 5.32 Å². The molecule has 1 amide bonds. The number of nitrogens with zero attached hydrogens (tertiary/aromatic N) is 4. The molecule has 0 fully saturated rings. The van der Waals surface area contributed by atoms with Crippen LogP contribution in [0.2, 0.25) is 0 Å². The lowest BCUT2D eigenvalue weighted by Gasteiger charge is -2.09. The highest BCUT2D eigenvalue weighted by Gasteiger charge is 2.17. The molecular weight excluding hydrogens is 388 g/mol. The summed E-state index contributed by atoms with van der Waals surface area (Å²) in [6, 6.07) is 3.89. The third-order valence-corrected chi connectivity index (χ3v) is 3.80. The van der Waals surface area contributed by atoms with Crippen LogP contribution in [0.5, 0.6) is 0 Å². The first-order valence-corrected chi connectivity index (χ1v) is 9.29. The summed E-state index contributed by atoms with van der Waals surface area (Å²) in [5, 5.41) is 14.8. The third-order valence-electron chi connectivity index (χ3n) is 3.80. The predicted molar refractivity (Wildman–Crippen MR) is 114 cm³/mol. The van der Waals surface area contributed by atoms with Crippen LogP contribution in [0.25, 0.3) is 11.3 Å². The molecule has 0 aliphatic heterocycles. The molecule has 162 valence electrons. The van der Waals surface area contributed by atoms with Gasteiger partial charge in [0.25, 0.3) is 0 Å². The van der Waals surface area contributed by atoms with E-state index in [4.69, 9.17) is 16.7 Å². The molecule has 0 radical (unpaired) electrons. The van der Waals surface area contributed by atoms with Gasteiger partial charge in [-0.3, -0.25) is 19.9 Å². The maximum Gasteiger partial charge on any atom is 0.306 e. The second-order valence-corrected chi connectivity index (χ2v) is 6.46. The zero-order valence-electron chi connectivity index (χ0n) is 17.3. The Bertz CT molecular complexity index is 838. The number of pyridine rings is 1. The highest BCUT2D eigenvalue weighted by Crippen LogP contribution is 2.15. The lowest BCUT2D eigenvalue weighted by molar-refractivity contribution is -0.141. The van der Waals surface area contributed by atoms with E-state index >= 15 is 0 Å². The van der Waals surface area contributed by atoms with Crippen LogP contribution in [0.4, 0.5) is 5.95 Å². The molecule has 0 saturated carbocycles. The smallest absolute Gasteiger partial charge is 0.306 e. The van der Waals surface area contributed by atoms with Crippen LogP contribution in [0.1, 0.15) is 38.7 Å². The minimum Gasteiger partial charge on any atom is -0.481 e. The second kappa shape index (κ2) is 12.8. The van der Waals surface area contributed by atoms with E-state index in [-0.39, 0.29) is 18.2 Å². The van der Waals surface area contributed by atoms with Crippen LogP contribution >= 0.6 is 0 Å². The van der Waals surface area contributed by atoms with Crippen molar-refractivity contribution in [3.63, 3.8) is 0 Å². The summed E-state index contributed by atoms with van der Waals surface area (Å²) in [6.45, 7) is 5.32. The monoisotopic (exact) mass is 416 g/mol. The average molecular weight is 416 g/mol. The van der Waals surface area contributed by atoms with Gasteiger partial charge in [0, 0.05) is 37.5 Å². The molecule has 2 aromatic heterocycles. The van der Waals surface area contributed by atoms with E-state index in [0.717, 1.165) is 23.2 Å². The molecule has 2 aromatic rings. The van der Waals surface area contributed by atoms with Crippen molar-refractivity contribution in [1.82, 2.24) is 20.5 Å². The lowest BCUT2D eigenvalue weighted by Crippen LogP contribution is -2.27. The fraction of sp³-hybridized carbons (Fsp3) is 0.368. The highest BCUT2D eigenvalue weighted by atomic mass is 16.4. The summed E-state index contributed by atoms with van der Waals surface area (Å²) in [6.07, 6.45) is 6.69. The number of amides is 1. The molecule has 1 atom stereocenters. The molecule has 11 heteroatoms. The summed E-state index contributed by atoms with van der Waals surface area (Å²) < 4.78 is 0. The first-order valence-electron chi connectivity index (χ1n) is 9.29. The van der Waals surface area contributed by atoms with Gasteiger partial charge in [-0.1, -0.05) is 19.4 Å². The largest absolute Gasteiger partial charge is 0.481 e. The van der Waals surface area contributed by atoms with Gasteiger partial charge in [-0.25, -0.2) is 21.3 Å². The first kappa shape index (κ1) is 24.4. The number of nitrogens with two attached hydrogens (primary N) is 2. The Morgan fingerprint density at radius 1 is 1.20 bits per heavy atom. The molecule has 0 saturated heterocycles. The standard InChI is InChI=1S/C12H12N4O.C7H16N4O2/c1-8-3-4-11(13-5-8)10-6-14-12(15-7-10)16-9(2)17;1-2-3-5(7(12)13)4-6(8)10-11-9/h3-7H,1-2H3,(H,14,15,16,17);5,11H,2-4,9H2,1H3,(H2,8,10)(H,12,13). The normalized spacial score (nSPS) is 11.7. The summed E-state index contributed by atoms with van der Waals surface area (Å²) in [5.74, 6) is 3.89. The number of hydrazone groups is 1. The molecule has 0 aromatic carbocycles. The average Bonchev–Trinajstić information content (AvgIpc) is 2.69. The molecule has 0 aliphatic rings. The summed E-state index contributed by atoms with van der Waals surface area (Å²) in [4.78, 5) is 33.8. The number of amidine groups is 1. The van der Waals surface area contributed by atoms with Gasteiger partial charge >= 0.3 is 5.97 Å². The van der Waals surface area contributed by atoms with Crippen LogP contribution in [-0.4, -0.2) is 37.8 Å². The van der Waals surface area contributed by atoms with Crippen molar-refractivity contribution < 1.29 is 14.7 Å². The minimum absolute atomic E-state index is 0.189. The van der Waals surface area contributed by atoms with Crippen LogP contribution in [0, 0.1) is 12.8 Å². The Labute approximate surface area is 175 Å². The number of carbonyl (C=O) groups excluding carboxylic acids is 1. The molecule has 11 nitrogen and oxygen atoms in total. The van der Waals surface area contributed by atoms with E-state index in [2.05, 4.69) is 25.4 Å². The number of aryl methyl sites for hydroxylation is 1. The van der Waals surface area contributed by atoms with Crippen LogP contribution in [-0.2, 0) is 9.59 Å². The number of nitrogens with one attached hydrogen (secondary N) is 2. The van der Waals surface area contributed by atoms with Crippen LogP contribution in [0.15, 0.2) is 35.8 Å². The van der Waals surface area contributed by atoms with Crippen molar-refractivity contribution in [2.45, 2.75) is 40.0 Å². The van der Waals surface area contributed by atoms with E-state index in [1.54, 1.807) is 18.6 Å². The topological polar surface area (TPSA) is 182 Å². The number of rotatable bonds is 8. The Kier molecular flexibility index (Phi) is 10.4. The molecular formula is C19H28N8O3. The number of carbonyl (C=O) groups is 2.